The number of carbonyl (C=O) groups excluding carboxylic acids is 1. The number of hydrogen-bond donors (Lipinski definition) is 1. The number of piperidine rings is 1. The van der Waals surface area contributed by atoms with Gasteiger partial charge in [0.05, 0.1) is 18.0 Å². The van der Waals surface area contributed by atoms with E-state index >= 15 is 0 Å². The largest absolute Gasteiger partial charge is 0.329 e. The number of halogens is 1. The monoisotopic (exact) mass is 636 g/mol. The lowest BCUT2D eigenvalue weighted by molar-refractivity contribution is 0.104. The number of amides is 2. The lowest BCUT2D eigenvalue weighted by Crippen LogP contribution is -2.45. The zero-order chi connectivity index (χ0) is 31.7. The van der Waals surface area contributed by atoms with Crippen molar-refractivity contribution in [1.82, 2.24) is 18.8 Å². The molecule has 2 fully saturated rings. The highest BCUT2D eigenvalue weighted by Gasteiger charge is 2.42. The number of urea groups is 1. The highest BCUT2D eigenvalue weighted by Crippen LogP contribution is 2.42. The van der Waals surface area contributed by atoms with E-state index < -0.39 is 10.0 Å². The highest BCUT2D eigenvalue weighted by atomic mass is 32.2. The minimum absolute atomic E-state index is 0.183. The molecule has 2 saturated heterocycles. The van der Waals surface area contributed by atoms with Crippen molar-refractivity contribution in [3.8, 4) is 0 Å². The molecule has 2 bridgehead atoms. The van der Waals surface area contributed by atoms with Gasteiger partial charge in [-0.05, 0) is 88.8 Å². The van der Waals surface area contributed by atoms with Gasteiger partial charge in [0.15, 0.2) is 0 Å². The van der Waals surface area contributed by atoms with Crippen LogP contribution in [0.1, 0.15) is 74.3 Å². The van der Waals surface area contributed by atoms with Crippen molar-refractivity contribution >= 4 is 27.4 Å². The van der Waals surface area contributed by atoms with Gasteiger partial charge in [-0.3, -0.25) is 9.80 Å². The fourth-order valence-electron chi connectivity index (χ4n) is 7.65. The Morgan fingerprint density at radius 1 is 1.02 bits per heavy atom. The lowest BCUT2D eigenvalue weighted by atomic mass is 9.96. The van der Waals surface area contributed by atoms with E-state index in [-0.39, 0.29) is 17.6 Å². The smallest absolute Gasteiger partial charge is 0.326 e. The molecule has 3 aromatic rings. The predicted molar refractivity (Wildman–Crippen MR) is 176 cm³/mol. The number of anilines is 2. The first kappa shape index (κ1) is 31.7. The van der Waals surface area contributed by atoms with Gasteiger partial charge >= 0.3 is 6.03 Å². The van der Waals surface area contributed by atoms with Crippen molar-refractivity contribution in [2.45, 2.75) is 90.4 Å². The van der Waals surface area contributed by atoms with Gasteiger partial charge in [0.2, 0.25) is 10.0 Å². The maximum absolute atomic E-state index is 13.7. The Morgan fingerprint density at radius 3 is 2.38 bits per heavy atom. The van der Waals surface area contributed by atoms with Crippen molar-refractivity contribution in [3.05, 3.63) is 77.1 Å². The average molecular weight is 637 g/mol. The quantitative estimate of drug-likeness (QED) is 0.293. The molecule has 9 nitrogen and oxygen atoms in total. The Morgan fingerprint density at radius 2 is 1.71 bits per heavy atom. The summed E-state index contributed by atoms with van der Waals surface area (Å²) in [4.78, 5) is 22.6. The van der Waals surface area contributed by atoms with Crippen LogP contribution in [-0.4, -0.2) is 70.7 Å². The second-order valence-corrected chi connectivity index (χ2v) is 14.9. The van der Waals surface area contributed by atoms with Gasteiger partial charge in [-0.1, -0.05) is 24.6 Å². The summed E-state index contributed by atoms with van der Waals surface area (Å²) in [5, 5.41) is 3.00. The van der Waals surface area contributed by atoms with Crippen LogP contribution in [0.2, 0.25) is 0 Å². The standard InChI is InChI=1S/C34H45FN6O3S/c1-4-20-45(43,44)38-19-16-33-32(23-38)36-25(3)41(33)31-21-29-14-15-30(22-31)39(29)17-5-18-40(28-12-8-26(35)9-13-28)34(42)37-27-10-6-24(2)7-11-27/h6-13,29-31H,4-5,14-23H2,1-3H3,(H,37,42). The fourth-order valence-corrected chi connectivity index (χ4v) is 9.12. The van der Waals surface area contributed by atoms with Crippen LogP contribution < -0.4 is 10.2 Å². The normalized spacial score (nSPS) is 21.9. The van der Waals surface area contributed by atoms with E-state index in [1.807, 2.05) is 38.1 Å². The number of hydrogen-bond acceptors (Lipinski definition) is 5. The molecular weight excluding hydrogens is 591 g/mol. The maximum Gasteiger partial charge on any atom is 0.326 e. The number of fused-ring (bicyclic) bond motifs is 3. The number of nitrogens with zero attached hydrogens (tertiary/aromatic N) is 5. The molecule has 3 aliphatic heterocycles. The van der Waals surface area contributed by atoms with Crippen LogP contribution in [-0.2, 0) is 23.0 Å². The molecule has 242 valence electrons. The number of imidazole rings is 1. The van der Waals surface area contributed by atoms with Gasteiger partial charge in [-0.25, -0.2) is 22.6 Å². The predicted octanol–water partition coefficient (Wildman–Crippen LogP) is 6.03. The van der Waals surface area contributed by atoms with Gasteiger partial charge in [0.1, 0.15) is 11.6 Å². The molecule has 1 aromatic heterocycles. The molecule has 1 N–H and O–H groups in total. The van der Waals surface area contributed by atoms with E-state index in [2.05, 4.69) is 21.7 Å². The van der Waals surface area contributed by atoms with Gasteiger partial charge in [-0.2, -0.15) is 4.31 Å². The zero-order valence-electron chi connectivity index (χ0n) is 26.6. The van der Waals surface area contributed by atoms with Crippen molar-refractivity contribution in [2.24, 2.45) is 0 Å². The van der Waals surface area contributed by atoms with Crippen molar-refractivity contribution in [2.75, 3.05) is 35.6 Å². The van der Waals surface area contributed by atoms with Crippen molar-refractivity contribution < 1.29 is 17.6 Å². The summed E-state index contributed by atoms with van der Waals surface area (Å²) < 4.78 is 43.2. The molecule has 4 heterocycles. The number of carbonyl (C=O) groups is 1. The third-order valence-electron chi connectivity index (χ3n) is 9.76. The van der Waals surface area contributed by atoms with E-state index in [9.17, 15) is 17.6 Å². The molecule has 2 aromatic carbocycles. The summed E-state index contributed by atoms with van der Waals surface area (Å²) in [7, 11) is -3.25. The molecule has 3 aliphatic rings. The molecule has 6 rings (SSSR count). The Hall–Kier alpha value is -3.28. The Bertz CT molecular complexity index is 1590. The second-order valence-electron chi connectivity index (χ2n) is 12.8. The number of benzene rings is 2. The van der Waals surface area contributed by atoms with Crippen LogP contribution in [0.4, 0.5) is 20.6 Å². The number of aromatic nitrogens is 2. The molecule has 2 unspecified atom stereocenters. The van der Waals surface area contributed by atoms with Crippen LogP contribution in [0.3, 0.4) is 0 Å². The third kappa shape index (κ3) is 6.80. The Kier molecular flexibility index (Phi) is 9.31. The van der Waals surface area contributed by atoms with Crippen LogP contribution >= 0.6 is 0 Å². The van der Waals surface area contributed by atoms with Gasteiger partial charge in [-0.15, -0.1) is 0 Å². The summed E-state index contributed by atoms with van der Waals surface area (Å²) in [5.41, 5.74) is 4.64. The van der Waals surface area contributed by atoms with Crippen LogP contribution in [0.15, 0.2) is 48.5 Å². The Balaban J connectivity index is 1.10. The summed E-state index contributed by atoms with van der Waals surface area (Å²) >= 11 is 0. The highest BCUT2D eigenvalue weighted by molar-refractivity contribution is 7.89. The van der Waals surface area contributed by atoms with E-state index in [0.717, 1.165) is 61.4 Å². The maximum atomic E-state index is 13.7. The summed E-state index contributed by atoms with van der Waals surface area (Å²) in [6, 6.07) is 14.9. The molecule has 2 atom stereocenters. The van der Waals surface area contributed by atoms with E-state index in [0.29, 0.717) is 56.3 Å². The number of nitrogens with one attached hydrogen (secondary N) is 1. The second kappa shape index (κ2) is 13.2. The van der Waals surface area contributed by atoms with E-state index in [4.69, 9.17) is 4.98 Å². The van der Waals surface area contributed by atoms with Gasteiger partial charge < -0.3 is 9.88 Å². The van der Waals surface area contributed by atoms with Gasteiger partial charge in [0.25, 0.3) is 0 Å². The first-order chi connectivity index (χ1) is 21.6. The average Bonchev–Trinajstić information content (AvgIpc) is 3.46. The van der Waals surface area contributed by atoms with Crippen LogP contribution in [0, 0.1) is 19.7 Å². The molecule has 0 spiro atoms. The van der Waals surface area contributed by atoms with Crippen LogP contribution in [0.5, 0.6) is 0 Å². The lowest BCUT2D eigenvalue weighted by Gasteiger charge is -2.41. The Labute approximate surface area is 266 Å². The van der Waals surface area contributed by atoms with Gasteiger partial charge in [0, 0.05) is 61.2 Å². The van der Waals surface area contributed by atoms with E-state index in [1.54, 1.807) is 21.3 Å². The third-order valence-corrected chi connectivity index (χ3v) is 11.8. The van der Waals surface area contributed by atoms with E-state index in [1.165, 1.54) is 17.8 Å². The minimum Gasteiger partial charge on any atom is -0.329 e. The molecule has 0 saturated carbocycles. The molecule has 45 heavy (non-hydrogen) atoms. The topological polar surface area (TPSA) is 90.8 Å². The summed E-state index contributed by atoms with van der Waals surface area (Å²) in [6.07, 6.45) is 6.55. The minimum atomic E-state index is -3.25. The molecule has 2 amide bonds. The van der Waals surface area contributed by atoms with Crippen molar-refractivity contribution in [1.29, 1.82) is 0 Å². The first-order valence-corrected chi connectivity index (χ1v) is 17.9. The number of sulfonamides is 1. The summed E-state index contributed by atoms with van der Waals surface area (Å²) in [6.45, 7) is 8.28. The molecule has 11 heteroatoms. The number of rotatable bonds is 10. The summed E-state index contributed by atoms with van der Waals surface area (Å²) in [5.74, 6) is 0.843. The SMILES string of the molecule is CCCS(=O)(=O)N1CCc2c(nc(C)n2C2CC3CCC(C2)N3CCCN(C(=O)Nc2ccc(C)cc2)c2ccc(F)cc2)C1. The number of aryl methyl sites for hydroxylation is 2. The molecule has 0 aliphatic carbocycles. The first-order valence-electron chi connectivity index (χ1n) is 16.3. The fraction of sp³-hybridized carbons (Fsp3) is 0.529. The molecule has 0 radical (unpaired) electrons. The van der Waals surface area contributed by atoms with Crippen molar-refractivity contribution in [3.63, 3.8) is 0 Å². The van der Waals surface area contributed by atoms with Crippen LogP contribution in [0.25, 0.3) is 0 Å². The molecular formula is C34H45FN6O3S. The zero-order valence-corrected chi connectivity index (χ0v) is 27.4.